The molecular weight excluding hydrogens is 767 g/mol. The van der Waals surface area contributed by atoms with E-state index in [0.717, 1.165) is 67.1 Å². The molecule has 60 heavy (non-hydrogen) atoms. The number of benzene rings is 8. The number of fused-ring (bicyclic) bond motifs is 6. The second kappa shape index (κ2) is 13.8. The lowest BCUT2D eigenvalue weighted by Crippen LogP contribution is -2.16. The molecule has 10 aromatic rings. The summed E-state index contributed by atoms with van der Waals surface area (Å²) in [5, 5.41) is 2.96. The van der Waals surface area contributed by atoms with Crippen molar-refractivity contribution in [3.63, 3.8) is 0 Å². The Morgan fingerprint density at radius 2 is 0.800 bits per heavy atom. The first-order chi connectivity index (χ1) is 28.9. The Kier molecular flexibility index (Phi) is 8.54. The molecule has 0 unspecified atom stereocenters. The number of aromatic nitrogens is 2. The highest BCUT2D eigenvalue weighted by atomic mass is 19.4. The standard InChI is InChI=1S/C52H34F6N2/c1-31-12-3-5-16-38(31)34-22-24-46-42(27-34)40-18-7-9-20-44(40)59(46)48-29-36(33-14-11-15-37(26-33)51(53,54)55)30-49(50(48)52(56,57)58)60-45-21-10-8-19-41(45)43-28-35(23-25-47(43)60)39-17-6-4-13-32(39)2/h3-30H,1-2H3. The molecular formula is C52H34F6N2. The molecule has 8 aromatic carbocycles. The Labute approximate surface area is 341 Å². The zero-order chi connectivity index (χ0) is 41.5. The van der Waals surface area contributed by atoms with Crippen LogP contribution in [-0.2, 0) is 12.4 Å². The number of hydrogen-bond donors (Lipinski definition) is 0. The van der Waals surface area contributed by atoms with Crippen molar-refractivity contribution < 1.29 is 26.3 Å². The summed E-state index contributed by atoms with van der Waals surface area (Å²) < 4.78 is 94.8. The normalized spacial score (nSPS) is 12.3. The summed E-state index contributed by atoms with van der Waals surface area (Å²) in [5.74, 6) is 0. The van der Waals surface area contributed by atoms with E-state index < -0.39 is 23.5 Å². The lowest BCUT2D eigenvalue weighted by atomic mass is 9.97. The number of hydrogen-bond acceptors (Lipinski definition) is 0. The van der Waals surface area contributed by atoms with Gasteiger partial charge in [0.1, 0.15) is 5.56 Å². The van der Waals surface area contributed by atoms with Gasteiger partial charge in [-0.05, 0) is 119 Å². The minimum Gasteiger partial charge on any atom is -0.309 e. The van der Waals surface area contributed by atoms with Gasteiger partial charge in [0.2, 0.25) is 0 Å². The van der Waals surface area contributed by atoms with Crippen molar-refractivity contribution in [2.45, 2.75) is 26.2 Å². The molecule has 0 N–H and O–H groups in total. The van der Waals surface area contributed by atoms with Crippen molar-refractivity contribution in [1.29, 1.82) is 0 Å². The van der Waals surface area contributed by atoms with Crippen LogP contribution in [0.2, 0.25) is 0 Å². The van der Waals surface area contributed by atoms with E-state index in [2.05, 4.69) is 0 Å². The first-order valence-electron chi connectivity index (χ1n) is 19.5. The number of aryl methyl sites for hydroxylation is 2. The van der Waals surface area contributed by atoms with Gasteiger partial charge in [0, 0.05) is 21.5 Å². The maximum atomic E-state index is 16.3. The molecule has 0 saturated heterocycles. The predicted molar refractivity (Wildman–Crippen MR) is 231 cm³/mol. The molecule has 0 fully saturated rings. The largest absolute Gasteiger partial charge is 0.420 e. The van der Waals surface area contributed by atoms with Crippen LogP contribution < -0.4 is 0 Å². The first-order valence-corrected chi connectivity index (χ1v) is 19.5. The minimum absolute atomic E-state index is 0.131. The number of para-hydroxylation sites is 2. The van der Waals surface area contributed by atoms with Gasteiger partial charge < -0.3 is 9.13 Å². The summed E-state index contributed by atoms with van der Waals surface area (Å²) in [6, 6.07) is 49.5. The highest BCUT2D eigenvalue weighted by Gasteiger charge is 2.40. The lowest BCUT2D eigenvalue weighted by molar-refractivity contribution is -0.138. The molecule has 10 rings (SSSR count). The van der Waals surface area contributed by atoms with Crippen LogP contribution in [0.5, 0.6) is 0 Å². The van der Waals surface area contributed by atoms with E-state index in [0.29, 0.717) is 22.1 Å². The van der Waals surface area contributed by atoms with Crippen LogP contribution in [0.4, 0.5) is 26.3 Å². The quantitative estimate of drug-likeness (QED) is 0.153. The van der Waals surface area contributed by atoms with Crippen LogP contribution >= 0.6 is 0 Å². The summed E-state index contributed by atoms with van der Waals surface area (Å²) in [7, 11) is 0. The van der Waals surface area contributed by atoms with Gasteiger partial charge in [-0.15, -0.1) is 0 Å². The number of rotatable bonds is 5. The first kappa shape index (κ1) is 37.2. The van der Waals surface area contributed by atoms with E-state index >= 15 is 13.2 Å². The van der Waals surface area contributed by atoms with Gasteiger partial charge in [0.15, 0.2) is 0 Å². The number of halogens is 6. The van der Waals surface area contributed by atoms with Gasteiger partial charge in [-0.1, -0.05) is 109 Å². The highest BCUT2D eigenvalue weighted by Crippen LogP contribution is 2.47. The molecule has 0 amide bonds. The molecule has 0 saturated carbocycles. The summed E-state index contributed by atoms with van der Waals surface area (Å²) in [6.45, 7) is 4.02. The molecule has 2 heterocycles. The van der Waals surface area contributed by atoms with Crippen molar-refractivity contribution in [2.75, 3.05) is 0 Å². The Morgan fingerprint density at radius 3 is 1.27 bits per heavy atom. The third kappa shape index (κ3) is 6.05. The van der Waals surface area contributed by atoms with Crippen molar-refractivity contribution in [3.8, 4) is 44.8 Å². The Balaban J connectivity index is 1.34. The van der Waals surface area contributed by atoms with Gasteiger partial charge >= 0.3 is 12.4 Å². The average Bonchev–Trinajstić information content (AvgIpc) is 3.75. The van der Waals surface area contributed by atoms with Crippen molar-refractivity contribution in [1.82, 2.24) is 9.13 Å². The predicted octanol–water partition coefficient (Wildman–Crippen LogP) is 15.5. The molecule has 8 heteroatoms. The van der Waals surface area contributed by atoms with Crippen LogP contribution in [0.15, 0.2) is 170 Å². The summed E-state index contributed by atoms with van der Waals surface area (Å²) >= 11 is 0. The maximum absolute atomic E-state index is 16.3. The molecule has 0 radical (unpaired) electrons. The third-order valence-electron chi connectivity index (χ3n) is 11.6. The second-order valence-electron chi connectivity index (χ2n) is 15.3. The van der Waals surface area contributed by atoms with Gasteiger partial charge in [0.25, 0.3) is 0 Å². The van der Waals surface area contributed by atoms with Crippen LogP contribution in [0.25, 0.3) is 88.4 Å². The zero-order valence-electron chi connectivity index (χ0n) is 32.3. The Hall–Kier alpha value is -7.06. The number of alkyl halides is 6. The van der Waals surface area contributed by atoms with E-state index in [-0.39, 0.29) is 22.5 Å². The Bertz CT molecular complexity index is 3140. The van der Waals surface area contributed by atoms with Crippen LogP contribution in [0.1, 0.15) is 22.3 Å². The minimum atomic E-state index is -4.92. The second-order valence-corrected chi connectivity index (χ2v) is 15.3. The smallest absolute Gasteiger partial charge is 0.309 e. The van der Waals surface area contributed by atoms with Gasteiger partial charge in [-0.2, -0.15) is 26.3 Å². The molecule has 0 aliphatic carbocycles. The SMILES string of the molecule is Cc1ccccc1-c1ccc2c(c1)c1ccccc1n2-c1cc(-c2cccc(C(F)(F)F)c2)cc(-n2c3ccccc3c3cc(-c4ccccc4C)ccc32)c1C(F)(F)F. The molecule has 0 aliphatic rings. The van der Waals surface area contributed by atoms with Crippen LogP contribution in [0, 0.1) is 13.8 Å². The van der Waals surface area contributed by atoms with Crippen molar-refractivity contribution >= 4 is 43.6 Å². The third-order valence-corrected chi connectivity index (χ3v) is 11.6. The molecule has 2 nitrogen and oxygen atoms in total. The average molecular weight is 801 g/mol. The van der Waals surface area contributed by atoms with E-state index in [1.54, 1.807) is 33.4 Å². The molecule has 294 valence electrons. The molecule has 0 aliphatic heterocycles. The summed E-state index contributed by atoms with van der Waals surface area (Å²) in [6.07, 6.45) is -9.59. The lowest BCUT2D eigenvalue weighted by Gasteiger charge is -2.23. The maximum Gasteiger partial charge on any atom is 0.420 e. The van der Waals surface area contributed by atoms with Crippen LogP contribution in [-0.4, -0.2) is 9.13 Å². The fourth-order valence-electron chi connectivity index (χ4n) is 8.89. The topological polar surface area (TPSA) is 9.86 Å². The summed E-state index contributed by atoms with van der Waals surface area (Å²) in [4.78, 5) is 0. The van der Waals surface area contributed by atoms with E-state index in [1.807, 2.05) is 123 Å². The van der Waals surface area contributed by atoms with E-state index in [4.69, 9.17) is 0 Å². The van der Waals surface area contributed by atoms with Gasteiger partial charge in [-0.3, -0.25) is 0 Å². The highest BCUT2D eigenvalue weighted by molar-refractivity contribution is 6.12. The van der Waals surface area contributed by atoms with Gasteiger partial charge in [0.05, 0.1) is 39.0 Å². The number of nitrogens with zero attached hydrogens (tertiary/aromatic N) is 2. The monoisotopic (exact) mass is 800 g/mol. The van der Waals surface area contributed by atoms with E-state index in [1.165, 1.54) is 24.3 Å². The van der Waals surface area contributed by atoms with Crippen LogP contribution in [0.3, 0.4) is 0 Å². The fourth-order valence-corrected chi connectivity index (χ4v) is 8.89. The fraction of sp³-hybridized carbons (Fsp3) is 0.0769. The molecule has 0 spiro atoms. The zero-order valence-corrected chi connectivity index (χ0v) is 32.3. The van der Waals surface area contributed by atoms with E-state index in [9.17, 15) is 13.2 Å². The summed E-state index contributed by atoms with van der Waals surface area (Å²) in [5.41, 5.74) is 6.12. The molecule has 0 bridgehead atoms. The van der Waals surface area contributed by atoms with Crippen molar-refractivity contribution in [2.24, 2.45) is 0 Å². The van der Waals surface area contributed by atoms with Gasteiger partial charge in [-0.25, -0.2) is 0 Å². The van der Waals surface area contributed by atoms with Crippen molar-refractivity contribution in [3.05, 3.63) is 192 Å². The Morgan fingerprint density at radius 1 is 0.350 bits per heavy atom. The molecule has 0 atom stereocenters. The molecule has 2 aromatic heterocycles.